The molecule has 4 nitrogen and oxygen atoms in total. The van der Waals surface area contributed by atoms with E-state index in [2.05, 4.69) is 16.7 Å². The topological polar surface area (TPSA) is 64.9 Å². The Hall–Kier alpha value is -2.02. The normalized spacial score (nSPS) is 10.6. The van der Waals surface area contributed by atoms with Crippen LogP contribution in [0.1, 0.15) is 25.8 Å². The highest BCUT2D eigenvalue weighted by Gasteiger charge is 2.15. The minimum absolute atomic E-state index is 0.0443. The zero-order chi connectivity index (χ0) is 13.6. The van der Waals surface area contributed by atoms with E-state index in [0.29, 0.717) is 6.42 Å². The van der Waals surface area contributed by atoms with E-state index in [-0.39, 0.29) is 5.91 Å². The molecular formula is C14H19N3O. The van der Waals surface area contributed by atoms with Crippen LogP contribution in [0.3, 0.4) is 0 Å². The second kappa shape index (κ2) is 6.06. The van der Waals surface area contributed by atoms with Crippen molar-refractivity contribution in [2.75, 3.05) is 12.4 Å². The number of amides is 1. The van der Waals surface area contributed by atoms with Gasteiger partial charge in [0.1, 0.15) is 5.54 Å². The SMILES string of the molecule is CNC(=O)CCc1ccc(NC(C)(C)C#N)cc1. The Morgan fingerprint density at radius 1 is 1.33 bits per heavy atom. The first-order valence-electron chi connectivity index (χ1n) is 5.96. The van der Waals surface area contributed by atoms with Crippen molar-refractivity contribution in [3.05, 3.63) is 29.8 Å². The molecule has 96 valence electrons. The highest BCUT2D eigenvalue weighted by atomic mass is 16.1. The summed E-state index contributed by atoms with van der Waals surface area (Å²) in [6.07, 6.45) is 1.22. The average Bonchev–Trinajstić information content (AvgIpc) is 2.37. The number of benzene rings is 1. The molecule has 1 rings (SSSR count). The summed E-state index contributed by atoms with van der Waals surface area (Å²) in [4.78, 5) is 11.1. The zero-order valence-electron chi connectivity index (χ0n) is 11.1. The van der Waals surface area contributed by atoms with Gasteiger partial charge in [-0.15, -0.1) is 0 Å². The summed E-state index contributed by atoms with van der Waals surface area (Å²) in [5.41, 5.74) is 1.44. The van der Waals surface area contributed by atoms with E-state index < -0.39 is 5.54 Å². The van der Waals surface area contributed by atoms with Crippen LogP contribution in [0.5, 0.6) is 0 Å². The van der Waals surface area contributed by atoms with Crippen LogP contribution < -0.4 is 10.6 Å². The molecule has 0 saturated heterocycles. The predicted octanol–water partition coefficient (Wildman–Crippen LogP) is 2.08. The number of carbonyl (C=O) groups is 1. The number of hydrogen-bond donors (Lipinski definition) is 2. The molecule has 0 heterocycles. The van der Waals surface area contributed by atoms with E-state index in [1.165, 1.54) is 0 Å². The van der Waals surface area contributed by atoms with Crippen LogP contribution in [0.4, 0.5) is 5.69 Å². The van der Waals surface area contributed by atoms with Gasteiger partial charge in [-0.1, -0.05) is 12.1 Å². The van der Waals surface area contributed by atoms with Crippen LogP contribution in [-0.4, -0.2) is 18.5 Å². The van der Waals surface area contributed by atoms with Crippen molar-refractivity contribution >= 4 is 11.6 Å². The lowest BCUT2D eigenvalue weighted by Crippen LogP contribution is -2.28. The number of nitrogens with zero attached hydrogens (tertiary/aromatic N) is 1. The number of nitrogens with one attached hydrogen (secondary N) is 2. The van der Waals surface area contributed by atoms with Crippen LogP contribution in [-0.2, 0) is 11.2 Å². The maximum Gasteiger partial charge on any atom is 0.220 e. The summed E-state index contributed by atoms with van der Waals surface area (Å²) >= 11 is 0. The number of carbonyl (C=O) groups excluding carboxylic acids is 1. The van der Waals surface area contributed by atoms with E-state index in [1.807, 2.05) is 38.1 Å². The number of aryl methyl sites for hydroxylation is 1. The Morgan fingerprint density at radius 2 is 1.94 bits per heavy atom. The highest BCUT2D eigenvalue weighted by molar-refractivity contribution is 5.75. The lowest BCUT2D eigenvalue weighted by atomic mass is 10.1. The predicted molar refractivity (Wildman–Crippen MR) is 72.1 cm³/mol. The summed E-state index contributed by atoms with van der Waals surface area (Å²) < 4.78 is 0. The quantitative estimate of drug-likeness (QED) is 0.834. The van der Waals surface area contributed by atoms with Crippen molar-refractivity contribution in [3.8, 4) is 6.07 Å². The van der Waals surface area contributed by atoms with Gasteiger partial charge < -0.3 is 10.6 Å². The minimum atomic E-state index is -0.580. The third-order valence-electron chi connectivity index (χ3n) is 2.61. The molecular weight excluding hydrogens is 226 g/mol. The molecule has 0 unspecified atom stereocenters. The lowest BCUT2D eigenvalue weighted by molar-refractivity contribution is -0.120. The molecule has 18 heavy (non-hydrogen) atoms. The molecule has 0 aromatic heterocycles. The van der Waals surface area contributed by atoms with E-state index >= 15 is 0 Å². The molecule has 1 aromatic carbocycles. The first-order chi connectivity index (χ1) is 8.46. The fourth-order valence-corrected chi connectivity index (χ4v) is 1.53. The van der Waals surface area contributed by atoms with Crippen molar-refractivity contribution in [3.63, 3.8) is 0 Å². The highest BCUT2D eigenvalue weighted by Crippen LogP contribution is 2.16. The third kappa shape index (κ3) is 4.46. The standard InChI is InChI=1S/C14H19N3O/c1-14(2,10-15)17-12-7-4-11(5-8-12)6-9-13(18)16-3/h4-5,7-8,17H,6,9H2,1-3H3,(H,16,18). The fraction of sp³-hybridized carbons (Fsp3) is 0.429. The van der Waals surface area contributed by atoms with Crippen LogP contribution in [0.15, 0.2) is 24.3 Å². The Balaban J connectivity index is 2.58. The summed E-state index contributed by atoms with van der Waals surface area (Å²) in [5, 5.41) is 14.7. The smallest absolute Gasteiger partial charge is 0.220 e. The molecule has 0 atom stereocenters. The van der Waals surface area contributed by atoms with E-state index in [0.717, 1.165) is 17.7 Å². The Bertz CT molecular complexity index is 443. The van der Waals surface area contributed by atoms with Crippen molar-refractivity contribution in [1.82, 2.24) is 5.32 Å². The monoisotopic (exact) mass is 245 g/mol. The largest absolute Gasteiger partial charge is 0.368 e. The van der Waals surface area contributed by atoms with Crippen LogP contribution in [0.2, 0.25) is 0 Å². The van der Waals surface area contributed by atoms with Crippen LogP contribution >= 0.6 is 0 Å². The summed E-state index contributed by atoms with van der Waals surface area (Å²) in [7, 11) is 1.64. The molecule has 4 heteroatoms. The molecule has 0 bridgehead atoms. The minimum Gasteiger partial charge on any atom is -0.368 e. The van der Waals surface area contributed by atoms with Gasteiger partial charge in [-0.2, -0.15) is 5.26 Å². The molecule has 1 amide bonds. The van der Waals surface area contributed by atoms with Gasteiger partial charge in [0.05, 0.1) is 6.07 Å². The molecule has 2 N–H and O–H groups in total. The van der Waals surface area contributed by atoms with Gasteiger partial charge in [-0.3, -0.25) is 4.79 Å². The molecule has 0 fully saturated rings. The van der Waals surface area contributed by atoms with Crippen molar-refractivity contribution < 1.29 is 4.79 Å². The maximum absolute atomic E-state index is 11.1. The first kappa shape index (κ1) is 14.0. The van der Waals surface area contributed by atoms with Gasteiger partial charge in [0, 0.05) is 19.2 Å². The summed E-state index contributed by atoms with van der Waals surface area (Å²) in [5.74, 6) is 0.0443. The van der Waals surface area contributed by atoms with Crippen molar-refractivity contribution in [2.24, 2.45) is 0 Å². The molecule has 0 radical (unpaired) electrons. The van der Waals surface area contributed by atoms with E-state index in [4.69, 9.17) is 5.26 Å². The van der Waals surface area contributed by atoms with Gasteiger partial charge in [-0.05, 0) is 38.0 Å². The average molecular weight is 245 g/mol. The summed E-state index contributed by atoms with van der Waals surface area (Å²) in [6, 6.07) is 9.99. The van der Waals surface area contributed by atoms with E-state index in [9.17, 15) is 4.79 Å². The summed E-state index contributed by atoms with van der Waals surface area (Å²) in [6.45, 7) is 3.65. The van der Waals surface area contributed by atoms with Gasteiger partial charge in [-0.25, -0.2) is 0 Å². The Labute approximate surface area is 108 Å². The molecule has 0 aliphatic carbocycles. The maximum atomic E-state index is 11.1. The zero-order valence-corrected chi connectivity index (χ0v) is 11.1. The van der Waals surface area contributed by atoms with Gasteiger partial charge in [0.25, 0.3) is 0 Å². The van der Waals surface area contributed by atoms with Crippen LogP contribution in [0, 0.1) is 11.3 Å². The molecule has 1 aromatic rings. The first-order valence-corrected chi connectivity index (χ1v) is 5.96. The van der Waals surface area contributed by atoms with Gasteiger partial charge in [0.15, 0.2) is 0 Å². The molecule has 0 saturated carbocycles. The number of anilines is 1. The molecule has 0 spiro atoms. The van der Waals surface area contributed by atoms with Gasteiger partial charge >= 0.3 is 0 Å². The van der Waals surface area contributed by atoms with E-state index in [1.54, 1.807) is 7.05 Å². The number of nitriles is 1. The van der Waals surface area contributed by atoms with Gasteiger partial charge in [0.2, 0.25) is 5.91 Å². The number of rotatable bonds is 5. The Morgan fingerprint density at radius 3 is 2.44 bits per heavy atom. The van der Waals surface area contributed by atoms with Crippen LogP contribution in [0.25, 0.3) is 0 Å². The molecule has 0 aliphatic heterocycles. The lowest BCUT2D eigenvalue weighted by Gasteiger charge is -2.19. The third-order valence-corrected chi connectivity index (χ3v) is 2.61. The van der Waals surface area contributed by atoms with Crippen molar-refractivity contribution in [2.45, 2.75) is 32.2 Å². The number of hydrogen-bond acceptors (Lipinski definition) is 3. The fourth-order valence-electron chi connectivity index (χ4n) is 1.53. The Kier molecular flexibility index (Phi) is 4.73. The second-order valence-corrected chi connectivity index (χ2v) is 4.73. The molecule has 0 aliphatic rings. The van der Waals surface area contributed by atoms with Crippen molar-refractivity contribution in [1.29, 1.82) is 5.26 Å². The second-order valence-electron chi connectivity index (χ2n) is 4.73.